The molecule has 0 saturated heterocycles. The average Bonchev–Trinajstić information content (AvgIpc) is 2.36. The zero-order chi connectivity index (χ0) is 13.3. The number of hydrogen-bond donors (Lipinski definition) is 0. The molecule has 0 bridgehead atoms. The molecule has 1 saturated carbocycles. The zero-order valence-electron chi connectivity index (χ0n) is 12.0. The Labute approximate surface area is 110 Å². The molecule has 0 aliphatic heterocycles. The second-order valence-electron chi connectivity index (χ2n) is 5.79. The van der Waals surface area contributed by atoms with Crippen LogP contribution in [-0.2, 0) is 9.53 Å². The van der Waals surface area contributed by atoms with Gasteiger partial charge in [-0.2, -0.15) is 0 Å². The van der Waals surface area contributed by atoms with Gasteiger partial charge in [-0.05, 0) is 55.7 Å². The van der Waals surface area contributed by atoms with Crippen LogP contribution >= 0.6 is 0 Å². The van der Waals surface area contributed by atoms with Gasteiger partial charge in [-0.3, -0.25) is 4.79 Å². The summed E-state index contributed by atoms with van der Waals surface area (Å²) >= 11 is 0. The van der Waals surface area contributed by atoms with Crippen molar-refractivity contribution in [1.29, 1.82) is 0 Å². The highest BCUT2D eigenvalue weighted by Crippen LogP contribution is 2.51. The molecule has 2 nitrogen and oxygen atoms in total. The average molecular weight is 248 g/mol. The monoisotopic (exact) mass is 248 g/mol. The van der Waals surface area contributed by atoms with Gasteiger partial charge in [0.25, 0.3) is 0 Å². The molecule has 18 heavy (non-hydrogen) atoms. The van der Waals surface area contributed by atoms with Crippen molar-refractivity contribution in [2.24, 2.45) is 11.3 Å². The molecule has 0 radical (unpaired) electrons. The highest BCUT2D eigenvalue weighted by molar-refractivity contribution is 6.03. The van der Waals surface area contributed by atoms with E-state index in [-0.39, 0.29) is 5.41 Å². The van der Waals surface area contributed by atoms with Gasteiger partial charge in [-0.25, -0.2) is 0 Å². The Hall–Kier alpha value is -1.05. The number of carbonyl (C=O) groups is 1. The lowest BCUT2D eigenvalue weighted by Crippen LogP contribution is -2.42. The second-order valence-corrected chi connectivity index (χ2v) is 5.79. The van der Waals surface area contributed by atoms with Crippen LogP contribution in [0.15, 0.2) is 23.0 Å². The van der Waals surface area contributed by atoms with Crippen molar-refractivity contribution < 1.29 is 9.53 Å². The van der Waals surface area contributed by atoms with Crippen molar-refractivity contribution in [3.05, 3.63) is 23.0 Å². The van der Waals surface area contributed by atoms with Crippen LogP contribution in [0.25, 0.3) is 0 Å². The molecule has 2 aliphatic rings. The number of Topliss-reactive ketones (excluding diaryl/α,β-unsaturated/α-hetero) is 1. The number of methoxy groups -OCH3 is 1. The Morgan fingerprint density at radius 2 is 2.22 bits per heavy atom. The second kappa shape index (κ2) is 4.91. The van der Waals surface area contributed by atoms with E-state index in [1.165, 1.54) is 12.0 Å². The first kappa shape index (κ1) is 13.4. The van der Waals surface area contributed by atoms with Crippen LogP contribution in [0.1, 0.15) is 52.9 Å². The number of allylic oxidation sites excluding steroid dienone is 3. The first-order chi connectivity index (χ1) is 8.55. The molecule has 0 heterocycles. The molecule has 0 unspecified atom stereocenters. The van der Waals surface area contributed by atoms with Gasteiger partial charge >= 0.3 is 0 Å². The van der Waals surface area contributed by atoms with Crippen LogP contribution < -0.4 is 0 Å². The third-order valence-corrected chi connectivity index (χ3v) is 4.78. The van der Waals surface area contributed by atoms with Gasteiger partial charge in [-0.1, -0.05) is 20.3 Å². The lowest BCUT2D eigenvalue weighted by atomic mass is 9.59. The van der Waals surface area contributed by atoms with E-state index >= 15 is 0 Å². The van der Waals surface area contributed by atoms with Crippen molar-refractivity contribution in [1.82, 2.24) is 0 Å². The van der Waals surface area contributed by atoms with E-state index in [1.807, 2.05) is 6.08 Å². The maximum atomic E-state index is 12.8. The SMILES string of the molecule is CCCC1=CC(OC)=C2CCC[C@@H](C)[C@@]2(C)C1=O. The predicted molar refractivity (Wildman–Crippen MR) is 73.2 cm³/mol. The molecule has 2 atom stereocenters. The summed E-state index contributed by atoms with van der Waals surface area (Å²) in [6, 6.07) is 0. The van der Waals surface area contributed by atoms with Crippen LogP contribution in [0.2, 0.25) is 0 Å². The summed E-state index contributed by atoms with van der Waals surface area (Å²) < 4.78 is 5.55. The maximum absolute atomic E-state index is 12.8. The molecular weight excluding hydrogens is 224 g/mol. The highest BCUT2D eigenvalue weighted by Gasteiger charge is 2.48. The molecule has 0 N–H and O–H groups in total. The minimum absolute atomic E-state index is 0.317. The standard InChI is InChI=1S/C16H24O2/c1-5-7-12-10-14(18-4)13-9-6-8-11(2)16(13,3)15(12)17/h10-11H,5-9H2,1-4H3/t11-,16-/m1/s1. The van der Waals surface area contributed by atoms with E-state index in [4.69, 9.17) is 4.74 Å². The van der Waals surface area contributed by atoms with Crippen LogP contribution in [-0.4, -0.2) is 12.9 Å². The third kappa shape index (κ3) is 1.82. The fourth-order valence-electron chi connectivity index (χ4n) is 3.45. The van der Waals surface area contributed by atoms with Gasteiger partial charge in [-0.15, -0.1) is 0 Å². The molecule has 0 amide bonds. The number of carbonyl (C=O) groups excluding carboxylic acids is 1. The van der Waals surface area contributed by atoms with Crippen LogP contribution in [0.4, 0.5) is 0 Å². The number of fused-ring (bicyclic) bond motifs is 1. The van der Waals surface area contributed by atoms with Gasteiger partial charge in [0.05, 0.1) is 12.5 Å². The third-order valence-electron chi connectivity index (χ3n) is 4.78. The molecular formula is C16H24O2. The van der Waals surface area contributed by atoms with Crippen molar-refractivity contribution >= 4 is 5.78 Å². The van der Waals surface area contributed by atoms with Gasteiger partial charge < -0.3 is 4.74 Å². The van der Waals surface area contributed by atoms with E-state index in [9.17, 15) is 4.79 Å². The van der Waals surface area contributed by atoms with Crippen molar-refractivity contribution in [2.75, 3.05) is 7.11 Å². The summed E-state index contributed by atoms with van der Waals surface area (Å²) in [6.45, 7) is 6.45. The molecule has 2 heteroatoms. The predicted octanol–water partition coefficient (Wildman–Crippen LogP) is 4.02. The van der Waals surface area contributed by atoms with Crippen LogP contribution in [0.5, 0.6) is 0 Å². The lowest BCUT2D eigenvalue weighted by molar-refractivity contribution is -0.126. The Bertz CT molecular complexity index is 417. The quantitative estimate of drug-likeness (QED) is 0.754. The number of ketones is 1. The smallest absolute Gasteiger partial charge is 0.169 e. The number of ether oxygens (including phenoxy) is 1. The van der Waals surface area contributed by atoms with Crippen molar-refractivity contribution in [3.63, 3.8) is 0 Å². The molecule has 100 valence electrons. The summed E-state index contributed by atoms with van der Waals surface area (Å²) in [5.41, 5.74) is 1.87. The van der Waals surface area contributed by atoms with Gasteiger partial charge in [0.2, 0.25) is 0 Å². The molecule has 2 aliphatic carbocycles. The molecule has 2 rings (SSSR count). The largest absolute Gasteiger partial charge is 0.497 e. The fourth-order valence-corrected chi connectivity index (χ4v) is 3.45. The maximum Gasteiger partial charge on any atom is 0.169 e. The van der Waals surface area contributed by atoms with Gasteiger partial charge in [0.1, 0.15) is 5.76 Å². The Kier molecular flexibility index (Phi) is 3.65. The Morgan fingerprint density at radius 1 is 1.50 bits per heavy atom. The van der Waals surface area contributed by atoms with Crippen molar-refractivity contribution in [3.8, 4) is 0 Å². The molecule has 0 aromatic rings. The lowest BCUT2D eigenvalue weighted by Gasteiger charge is -2.43. The van der Waals surface area contributed by atoms with E-state index in [0.717, 1.165) is 37.0 Å². The van der Waals surface area contributed by atoms with E-state index in [2.05, 4.69) is 20.8 Å². The molecule has 1 fully saturated rings. The zero-order valence-corrected chi connectivity index (χ0v) is 12.0. The van der Waals surface area contributed by atoms with Crippen LogP contribution in [0.3, 0.4) is 0 Å². The van der Waals surface area contributed by atoms with E-state index in [1.54, 1.807) is 7.11 Å². The fraction of sp³-hybridized carbons (Fsp3) is 0.688. The topological polar surface area (TPSA) is 26.3 Å². The first-order valence-corrected chi connectivity index (χ1v) is 7.08. The minimum atomic E-state index is -0.317. The summed E-state index contributed by atoms with van der Waals surface area (Å²) in [4.78, 5) is 12.8. The van der Waals surface area contributed by atoms with Gasteiger partial charge in [0, 0.05) is 0 Å². The summed E-state index contributed by atoms with van der Waals surface area (Å²) in [5, 5.41) is 0. The van der Waals surface area contributed by atoms with E-state index < -0.39 is 0 Å². The number of rotatable bonds is 3. The Balaban J connectivity index is 2.52. The summed E-state index contributed by atoms with van der Waals surface area (Å²) in [5.74, 6) is 1.71. The van der Waals surface area contributed by atoms with E-state index in [0.29, 0.717) is 11.7 Å². The molecule has 0 aromatic heterocycles. The Morgan fingerprint density at radius 3 is 2.83 bits per heavy atom. The normalized spacial score (nSPS) is 32.1. The minimum Gasteiger partial charge on any atom is -0.497 e. The van der Waals surface area contributed by atoms with Gasteiger partial charge in [0.15, 0.2) is 5.78 Å². The van der Waals surface area contributed by atoms with Crippen molar-refractivity contribution in [2.45, 2.75) is 52.9 Å². The molecule has 0 aromatic carbocycles. The molecule has 0 spiro atoms. The summed E-state index contributed by atoms with van der Waals surface area (Å²) in [7, 11) is 1.72. The number of hydrogen-bond acceptors (Lipinski definition) is 2. The van der Waals surface area contributed by atoms with Crippen LogP contribution in [0, 0.1) is 11.3 Å². The highest BCUT2D eigenvalue weighted by atomic mass is 16.5. The summed E-state index contributed by atoms with van der Waals surface area (Å²) in [6.07, 6.45) is 7.17. The first-order valence-electron chi connectivity index (χ1n) is 7.08.